The number of nitrogens with zero attached hydrogens (tertiary/aromatic N) is 2. The van der Waals surface area contributed by atoms with Gasteiger partial charge >= 0.3 is 0 Å². The van der Waals surface area contributed by atoms with Crippen LogP contribution >= 0.6 is 0 Å². The lowest BCUT2D eigenvalue weighted by Crippen LogP contribution is -2.21. The fourth-order valence-corrected chi connectivity index (χ4v) is 1.97. The van der Waals surface area contributed by atoms with Gasteiger partial charge in [-0.15, -0.1) is 0 Å². The molecule has 1 aromatic heterocycles. The van der Waals surface area contributed by atoms with Crippen LogP contribution in [0, 0.1) is 0 Å². The second kappa shape index (κ2) is 4.87. The van der Waals surface area contributed by atoms with Gasteiger partial charge in [0.25, 0.3) is 0 Å². The first-order valence-electron chi connectivity index (χ1n) is 5.57. The fourth-order valence-electron chi connectivity index (χ4n) is 1.66. The Morgan fingerprint density at radius 3 is 2.82 bits per heavy atom. The monoisotopic (exact) mass is 251 g/mol. The van der Waals surface area contributed by atoms with E-state index < -0.39 is 10.8 Å². The average Bonchev–Trinajstić information content (AvgIpc) is 2.64. The Balaban J connectivity index is 2.19. The summed E-state index contributed by atoms with van der Waals surface area (Å²) in [5, 5.41) is 3.36. The Morgan fingerprint density at radius 1 is 1.47 bits per heavy atom. The Labute approximate surface area is 104 Å². The summed E-state index contributed by atoms with van der Waals surface area (Å²) in [5.74, 6) is 0.823. The molecule has 0 saturated heterocycles. The molecular weight excluding hydrogens is 234 g/mol. The Morgan fingerprint density at radius 2 is 2.18 bits per heavy atom. The van der Waals surface area contributed by atoms with Gasteiger partial charge in [-0.25, -0.2) is 4.98 Å². The van der Waals surface area contributed by atoms with Crippen LogP contribution in [-0.2, 0) is 17.8 Å². The average molecular weight is 251 g/mol. The van der Waals surface area contributed by atoms with Crippen molar-refractivity contribution in [3.8, 4) is 0 Å². The SMILES string of the molecule is CC(CNc1nc2ccccc2n1C)S(C)=O. The van der Waals surface area contributed by atoms with Crippen LogP contribution in [0.2, 0.25) is 0 Å². The highest BCUT2D eigenvalue weighted by molar-refractivity contribution is 7.84. The minimum atomic E-state index is -0.808. The number of rotatable bonds is 4. The summed E-state index contributed by atoms with van der Waals surface area (Å²) in [7, 11) is 1.17. The minimum Gasteiger partial charge on any atom is -0.354 e. The van der Waals surface area contributed by atoms with Crippen molar-refractivity contribution in [1.82, 2.24) is 9.55 Å². The molecule has 1 aromatic carbocycles. The second-order valence-corrected chi connectivity index (χ2v) is 5.98. The van der Waals surface area contributed by atoms with E-state index >= 15 is 0 Å². The first-order chi connectivity index (χ1) is 8.09. The van der Waals surface area contributed by atoms with E-state index in [0.717, 1.165) is 17.0 Å². The summed E-state index contributed by atoms with van der Waals surface area (Å²) >= 11 is 0. The van der Waals surface area contributed by atoms with Crippen molar-refractivity contribution in [2.75, 3.05) is 18.1 Å². The van der Waals surface area contributed by atoms with Crippen molar-refractivity contribution in [1.29, 1.82) is 0 Å². The summed E-state index contributed by atoms with van der Waals surface area (Å²) in [6.07, 6.45) is 1.72. The summed E-state index contributed by atoms with van der Waals surface area (Å²) < 4.78 is 13.3. The molecule has 92 valence electrons. The number of benzene rings is 1. The highest BCUT2D eigenvalue weighted by Crippen LogP contribution is 2.17. The normalized spacial score (nSPS) is 14.8. The van der Waals surface area contributed by atoms with Gasteiger partial charge in [-0.05, 0) is 19.1 Å². The maximum absolute atomic E-state index is 11.3. The van der Waals surface area contributed by atoms with E-state index in [9.17, 15) is 4.21 Å². The van der Waals surface area contributed by atoms with E-state index in [1.165, 1.54) is 0 Å². The molecule has 2 rings (SSSR count). The molecule has 1 heterocycles. The fraction of sp³-hybridized carbons (Fsp3) is 0.417. The maximum Gasteiger partial charge on any atom is 0.203 e. The van der Waals surface area contributed by atoms with Crippen LogP contribution in [0.15, 0.2) is 24.3 Å². The van der Waals surface area contributed by atoms with Gasteiger partial charge in [0.15, 0.2) is 0 Å². The summed E-state index contributed by atoms with van der Waals surface area (Å²) in [5.41, 5.74) is 2.07. The van der Waals surface area contributed by atoms with Gasteiger partial charge in [0.2, 0.25) is 5.95 Å². The first-order valence-corrected chi connectivity index (χ1v) is 7.19. The lowest BCUT2D eigenvalue weighted by molar-refractivity contribution is 0.678. The molecule has 0 fully saturated rings. The van der Waals surface area contributed by atoms with Crippen LogP contribution in [-0.4, -0.2) is 31.8 Å². The summed E-state index contributed by atoms with van der Waals surface area (Å²) in [6, 6.07) is 8.00. The molecule has 0 aliphatic heterocycles. The van der Waals surface area contributed by atoms with Crippen molar-refractivity contribution in [2.24, 2.45) is 7.05 Å². The van der Waals surface area contributed by atoms with Gasteiger partial charge in [-0.2, -0.15) is 0 Å². The van der Waals surface area contributed by atoms with Gasteiger partial charge < -0.3 is 9.88 Å². The smallest absolute Gasteiger partial charge is 0.203 e. The molecule has 0 spiro atoms. The Hall–Kier alpha value is -1.36. The Bertz CT molecular complexity index is 550. The molecular formula is C12H17N3OS. The molecule has 0 amide bonds. The van der Waals surface area contributed by atoms with Crippen molar-refractivity contribution in [3.63, 3.8) is 0 Å². The van der Waals surface area contributed by atoms with E-state index in [1.807, 2.05) is 42.8 Å². The third-order valence-corrected chi connectivity index (χ3v) is 4.20. The van der Waals surface area contributed by atoms with Crippen molar-refractivity contribution < 1.29 is 4.21 Å². The van der Waals surface area contributed by atoms with E-state index in [4.69, 9.17) is 0 Å². The molecule has 0 radical (unpaired) electrons. The molecule has 1 N–H and O–H groups in total. The Kier molecular flexibility index (Phi) is 3.47. The quantitative estimate of drug-likeness (QED) is 0.900. The molecule has 4 nitrogen and oxygen atoms in total. The number of fused-ring (bicyclic) bond motifs is 1. The molecule has 0 aliphatic rings. The summed E-state index contributed by atoms with van der Waals surface area (Å²) in [4.78, 5) is 4.50. The molecule has 2 unspecified atom stereocenters. The molecule has 2 atom stereocenters. The topological polar surface area (TPSA) is 46.9 Å². The molecule has 5 heteroatoms. The van der Waals surface area contributed by atoms with Gasteiger partial charge in [-0.1, -0.05) is 12.1 Å². The lowest BCUT2D eigenvalue weighted by Gasteiger charge is -2.10. The lowest BCUT2D eigenvalue weighted by atomic mass is 10.3. The van der Waals surface area contributed by atoms with Crippen LogP contribution in [0.4, 0.5) is 5.95 Å². The standard InChI is InChI=1S/C12H17N3OS/c1-9(17(3)16)8-13-12-14-10-6-4-5-7-11(10)15(12)2/h4-7,9H,8H2,1-3H3,(H,13,14). The van der Waals surface area contributed by atoms with Crippen LogP contribution in [0.25, 0.3) is 11.0 Å². The number of para-hydroxylation sites is 2. The van der Waals surface area contributed by atoms with Crippen LogP contribution < -0.4 is 5.32 Å². The highest BCUT2D eigenvalue weighted by Gasteiger charge is 2.09. The minimum absolute atomic E-state index is 0.120. The van der Waals surface area contributed by atoms with Gasteiger partial charge in [0.05, 0.1) is 11.0 Å². The van der Waals surface area contributed by atoms with E-state index in [0.29, 0.717) is 6.54 Å². The van der Waals surface area contributed by atoms with Crippen molar-refractivity contribution >= 4 is 27.8 Å². The van der Waals surface area contributed by atoms with E-state index in [1.54, 1.807) is 6.26 Å². The van der Waals surface area contributed by atoms with Gasteiger partial charge in [-0.3, -0.25) is 4.21 Å². The summed E-state index contributed by atoms with van der Waals surface area (Å²) in [6.45, 7) is 2.63. The van der Waals surface area contributed by atoms with E-state index in [2.05, 4.69) is 10.3 Å². The third kappa shape index (κ3) is 2.49. The molecule has 17 heavy (non-hydrogen) atoms. The number of hydrogen-bond donors (Lipinski definition) is 1. The zero-order valence-electron chi connectivity index (χ0n) is 10.3. The number of anilines is 1. The maximum atomic E-state index is 11.3. The molecule has 0 saturated carbocycles. The number of aromatic nitrogens is 2. The highest BCUT2D eigenvalue weighted by atomic mass is 32.2. The van der Waals surface area contributed by atoms with Crippen molar-refractivity contribution in [3.05, 3.63) is 24.3 Å². The predicted molar refractivity (Wildman–Crippen MR) is 72.7 cm³/mol. The van der Waals surface area contributed by atoms with Crippen LogP contribution in [0.3, 0.4) is 0 Å². The zero-order valence-corrected chi connectivity index (χ0v) is 11.1. The number of nitrogens with one attached hydrogen (secondary N) is 1. The molecule has 0 aliphatic carbocycles. The largest absolute Gasteiger partial charge is 0.354 e. The third-order valence-electron chi connectivity index (χ3n) is 2.90. The second-order valence-electron chi connectivity index (χ2n) is 4.17. The zero-order chi connectivity index (χ0) is 12.4. The predicted octanol–water partition coefficient (Wildman–Crippen LogP) is 1.75. The van der Waals surface area contributed by atoms with Crippen LogP contribution in [0.1, 0.15) is 6.92 Å². The van der Waals surface area contributed by atoms with Gasteiger partial charge in [0.1, 0.15) is 0 Å². The molecule has 2 aromatic rings. The van der Waals surface area contributed by atoms with Crippen molar-refractivity contribution in [2.45, 2.75) is 12.2 Å². The molecule has 0 bridgehead atoms. The van der Waals surface area contributed by atoms with Crippen LogP contribution in [0.5, 0.6) is 0 Å². The number of hydrogen-bond acceptors (Lipinski definition) is 3. The van der Waals surface area contributed by atoms with E-state index in [-0.39, 0.29) is 5.25 Å². The first kappa shape index (κ1) is 12.1. The number of aryl methyl sites for hydroxylation is 1. The number of imidazole rings is 1. The van der Waals surface area contributed by atoms with Gasteiger partial charge in [0, 0.05) is 35.9 Å².